The van der Waals surface area contributed by atoms with Crippen LogP contribution in [0.4, 0.5) is 0 Å². The van der Waals surface area contributed by atoms with Gasteiger partial charge in [-0.25, -0.2) is 5.43 Å². The largest absolute Gasteiger partial charge is 0.281 e. The molecule has 0 aromatic heterocycles. The maximum absolute atomic E-state index is 11.3. The quantitative estimate of drug-likeness (QED) is 0.726. The molecule has 0 spiro atoms. The van der Waals surface area contributed by atoms with E-state index in [-0.39, 0.29) is 11.9 Å². The molecule has 1 aliphatic heterocycles. The molecule has 1 aromatic carbocycles. The SMILES string of the molecule is Cc1ccc(C2CC(=O)N(C)N2)cc1. The van der Waals surface area contributed by atoms with E-state index in [0.29, 0.717) is 6.42 Å². The van der Waals surface area contributed by atoms with Gasteiger partial charge in [0.15, 0.2) is 0 Å². The summed E-state index contributed by atoms with van der Waals surface area (Å²) >= 11 is 0. The Labute approximate surface area is 83.7 Å². The Bertz CT molecular complexity index is 345. The number of carbonyl (C=O) groups is 1. The summed E-state index contributed by atoms with van der Waals surface area (Å²) in [4.78, 5) is 11.3. The van der Waals surface area contributed by atoms with Crippen molar-refractivity contribution in [2.24, 2.45) is 0 Å². The van der Waals surface area contributed by atoms with Crippen molar-refractivity contribution < 1.29 is 4.79 Å². The number of amides is 1. The van der Waals surface area contributed by atoms with E-state index in [9.17, 15) is 4.79 Å². The molecule has 3 heteroatoms. The lowest BCUT2D eigenvalue weighted by Gasteiger charge is -2.12. The lowest BCUT2D eigenvalue weighted by Crippen LogP contribution is -2.30. The highest BCUT2D eigenvalue weighted by molar-refractivity contribution is 5.78. The third-order valence-corrected chi connectivity index (χ3v) is 2.58. The standard InChI is InChI=1S/C11H14N2O/c1-8-3-5-9(6-4-8)10-7-11(14)13(2)12-10/h3-6,10,12H,7H2,1-2H3. The van der Waals surface area contributed by atoms with Crippen LogP contribution < -0.4 is 5.43 Å². The fraction of sp³-hybridized carbons (Fsp3) is 0.364. The van der Waals surface area contributed by atoms with Crippen molar-refractivity contribution in [3.8, 4) is 0 Å². The van der Waals surface area contributed by atoms with Crippen LogP contribution in [0.3, 0.4) is 0 Å². The van der Waals surface area contributed by atoms with Crippen LogP contribution in [-0.2, 0) is 4.79 Å². The molecule has 1 unspecified atom stereocenters. The maximum atomic E-state index is 11.3. The zero-order valence-corrected chi connectivity index (χ0v) is 8.45. The number of rotatable bonds is 1. The lowest BCUT2D eigenvalue weighted by molar-refractivity contribution is -0.128. The number of nitrogens with one attached hydrogen (secondary N) is 1. The van der Waals surface area contributed by atoms with E-state index in [0.717, 1.165) is 0 Å². The van der Waals surface area contributed by atoms with Gasteiger partial charge in [0.05, 0.1) is 6.04 Å². The van der Waals surface area contributed by atoms with Gasteiger partial charge in [0.25, 0.3) is 0 Å². The molecule has 1 atom stereocenters. The van der Waals surface area contributed by atoms with Crippen molar-refractivity contribution >= 4 is 5.91 Å². The van der Waals surface area contributed by atoms with E-state index in [1.807, 2.05) is 0 Å². The van der Waals surface area contributed by atoms with Crippen molar-refractivity contribution in [2.75, 3.05) is 7.05 Å². The van der Waals surface area contributed by atoms with Crippen molar-refractivity contribution in [2.45, 2.75) is 19.4 Å². The van der Waals surface area contributed by atoms with Gasteiger partial charge in [-0.2, -0.15) is 0 Å². The predicted octanol–water partition coefficient (Wildman–Crippen LogP) is 1.40. The summed E-state index contributed by atoms with van der Waals surface area (Å²) in [5, 5.41) is 1.56. The number of benzene rings is 1. The number of hydrogen-bond donors (Lipinski definition) is 1. The van der Waals surface area contributed by atoms with Gasteiger partial charge in [-0.15, -0.1) is 0 Å². The van der Waals surface area contributed by atoms with E-state index in [1.165, 1.54) is 11.1 Å². The molecular weight excluding hydrogens is 176 g/mol. The Morgan fingerprint density at radius 2 is 2.00 bits per heavy atom. The molecule has 1 saturated heterocycles. The van der Waals surface area contributed by atoms with Gasteiger partial charge in [-0.1, -0.05) is 29.8 Å². The highest BCUT2D eigenvalue weighted by Gasteiger charge is 2.26. The van der Waals surface area contributed by atoms with Gasteiger partial charge >= 0.3 is 0 Å². The summed E-state index contributed by atoms with van der Waals surface area (Å²) in [7, 11) is 1.76. The molecule has 2 rings (SSSR count). The van der Waals surface area contributed by atoms with Crippen LogP contribution >= 0.6 is 0 Å². The topological polar surface area (TPSA) is 32.3 Å². The number of hydrogen-bond acceptors (Lipinski definition) is 2. The van der Waals surface area contributed by atoms with E-state index in [2.05, 4.69) is 36.6 Å². The molecule has 0 bridgehead atoms. The first-order chi connectivity index (χ1) is 6.66. The van der Waals surface area contributed by atoms with Gasteiger partial charge < -0.3 is 0 Å². The third kappa shape index (κ3) is 1.63. The van der Waals surface area contributed by atoms with Crippen LogP contribution in [0.1, 0.15) is 23.6 Å². The zero-order chi connectivity index (χ0) is 10.1. The Morgan fingerprint density at radius 3 is 2.50 bits per heavy atom. The number of hydrazine groups is 1. The Balaban J connectivity index is 2.17. The van der Waals surface area contributed by atoms with Crippen molar-refractivity contribution in [3.05, 3.63) is 35.4 Å². The highest BCUT2D eigenvalue weighted by atomic mass is 16.2. The third-order valence-electron chi connectivity index (χ3n) is 2.58. The molecule has 14 heavy (non-hydrogen) atoms. The van der Waals surface area contributed by atoms with Crippen LogP contribution in [0.25, 0.3) is 0 Å². The van der Waals surface area contributed by atoms with E-state index in [4.69, 9.17) is 0 Å². The van der Waals surface area contributed by atoms with Crippen molar-refractivity contribution in [1.29, 1.82) is 0 Å². The fourth-order valence-electron chi connectivity index (χ4n) is 1.65. The van der Waals surface area contributed by atoms with Crippen molar-refractivity contribution in [1.82, 2.24) is 10.4 Å². The summed E-state index contributed by atoms with van der Waals surface area (Å²) in [5.41, 5.74) is 5.54. The van der Waals surface area contributed by atoms with Gasteiger partial charge in [-0.3, -0.25) is 9.80 Å². The Morgan fingerprint density at radius 1 is 1.36 bits per heavy atom. The first-order valence-electron chi connectivity index (χ1n) is 4.76. The first kappa shape index (κ1) is 9.21. The predicted molar refractivity (Wildman–Crippen MR) is 54.4 cm³/mol. The minimum absolute atomic E-state index is 0.146. The maximum Gasteiger partial charge on any atom is 0.238 e. The lowest BCUT2D eigenvalue weighted by atomic mass is 10.0. The average Bonchev–Trinajstić information content (AvgIpc) is 2.48. The fourth-order valence-corrected chi connectivity index (χ4v) is 1.65. The zero-order valence-electron chi connectivity index (χ0n) is 8.45. The molecule has 1 aromatic rings. The molecular formula is C11H14N2O. The molecule has 1 aliphatic rings. The summed E-state index contributed by atoms with van der Waals surface area (Å²) in [6.07, 6.45) is 0.555. The van der Waals surface area contributed by atoms with E-state index in [1.54, 1.807) is 12.1 Å². The average molecular weight is 190 g/mol. The molecule has 0 radical (unpaired) electrons. The smallest absolute Gasteiger partial charge is 0.238 e. The van der Waals surface area contributed by atoms with Crippen molar-refractivity contribution in [3.63, 3.8) is 0 Å². The Kier molecular flexibility index (Phi) is 2.25. The van der Waals surface area contributed by atoms with Crippen LogP contribution in [0.2, 0.25) is 0 Å². The second kappa shape index (κ2) is 3.42. The number of aryl methyl sites for hydroxylation is 1. The molecule has 1 amide bonds. The van der Waals surface area contributed by atoms with E-state index >= 15 is 0 Å². The summed E-state index contributed by atoms with van der Waals surface area (Å²) in [6, 6.07) is 8.42. The van der Waals surface area contributed by atoms with Crippen LogP contribution in [0, 0.1) is 6.92 Å². The second-order valence-electron chi connectivity index (χ2n) is 3.75. The minimum atomic E-state index is 0.146. The highest BCUT2D eigenvalue weighted by Crippen LogP contribution is 2.22. The molecule has 3 nitrogen and oxygen atoms in total. The summed E-state index contributed by atoms with van der Waals surface area (Å²) in [5.74, 6) is 0.149. The first-order valence-corrected chi connectivity index (χ1v) is 4.76. The summed E-state index contributed by atoms with van der Waals surface area (Å²) < 4.78 is 0. The Hall–Kier alpha value is -1.35. The molecule has 1 heterocycles. The molecule has 0 aliphatic carbocycles. The normalized spacial score (nSPS) is 21.7. The molecule has 1 fully saturated rings. The monoisotopic (exact) mass is 190 g/mol. The van der Waals surface area contributed by atoms with Gasteiger partial charge in [0.2, 0.25) is 5.91 Å². The molecule has 0 saturated carbocycles. The van der Waals surface area contributed by atoms with Crippen LogP contribution in [-0.4, -0.2) is 18.0 Å². The van der Waals surface area contributed by atoms with Gasteiger partial charge in [0.1, 0.15) is 0 Å². The van der Waals surface area contributed by atoms with Crippen LogP contribution in [0.5, 0.6) is 0 Å². The minimum Gasteiger partial charge on any atom is -0.281 e. The second-order valence-corrected chi connectivity index (χ2v) is 3.75. The van der Waals surface area contributed by atoms with Gasteiger partial charge in [0, 0.05) is 13.5 Å². The number of carbonyl (C=O) groups excluding carboxylic acids is 1. The number of nitrogens with zero attached hydrogens (tertiary/aromatic N) is 1. The van der Waals surface area contributed by atoms with E-state index < -0.39 is 0 Å². The van der Waals surface area contributed by atoms with Crippen LogP contribution in [0.15, 0.2) is 24.3 Å². The van der Waals surface area contributed by atoms with Gasteiger partial charge in [-0.05, 0) is 12.5 Å². The molecule has 74 valence electrons. The summed E-state index contributed by atoms with van der Waals surface area (Å²) in [6.45, 7) is 2.06. The molecule has 1 N–H and O–H groups in total.